The van der Waals surface area contributed by atoms with Crippen molar-refractivity contribution in [3.05, 3.63) is 23.8 Å². The van der Waals surface area contributed by atoms with Gasteiger partial charge in [0.15, 0.2) is 30.0 Å². The quantitative estimate of drug-likeness (QED) is 0.831. The van der Waals surface area contributed by atoms with Gasteiger partial charge in [-0.3, -0.25) is 4.79 Å². The lowest BCUT2D eigenvalue weighted by Crippen LogP contribution is -2.38. The largest absolute Gasteiger partial charge is 0.486 e. The van der Waals surface area contributed by atoms with E-state index in [2.05, 4.69) is 4.99 Å². The Kier molecular flexibility index (Phi) is 3.36. The average Bonchev–Trinajstić information content (AvgIpc) is 3.25. The van der Waals surface area contributed by atoms with E-state index in [1.807, 2.05) is 23.1 Å². The van der Waals surface area contributed by atoms with Crippen molar-refractivity contribution in [1.29, 1.82) is 0 Å². The molecule has 0 bridgehead atoms. The van der Waals surface area contributed by atoms with Gasteiger partial charge in [0.25, 0.3) is 5.91 Å². The zero-order chi connectivity index (χ0) is 14.9. The van der Waals surface area contributed by atoms with E-state index in [0.29, 0.717) is 19.0 Å². The summed E-state index contributed by atoms with van der Waals surface area (Å²) in [6.45, 7) is 2.73. The van der Waals surface area contributed by atoms with E-state index in [0.717, 1.165) is 37.2 Å². The van der Waals surface area contributed by atoms with Crippen LogP contribution in [0, 0.1) is 0 Å². The van der Waals surface area contributed by atoms with Crippen molar-refractivity contribution < 1.29 is 19.0 Å². The predicted molar refractivity (Wildman–Crippen MR) is 79.4 cm³/mol. The molecule has 0 spiro atoms. The number of amides is 1. The van der Waals surface area contributed by atoms with Crippen LogP contribution in [0.5, 0.6) is 11.5 Å². The van der Waals surface area contributed by atoms with Crippen molar-refractivity contribution >= 4 is 12.3 Å². The number of carbonyl (C=O) groups excluding carboxylic acids is 1. The number of aliphatic imine (C=N–C) groups is 1. The molecule has 3 heterocycles. The van der Waals surface area contributed by atoms with Crippen LogP contribution in [0.25, 0.3) is 0 Å². The van der Waals surface area contributed by atoms with Gasteiger partial charge in [-0.05, 0) is 30.5 Å². The van der Waals surface area contributed by atoms with E-state index in [1.54, 1.807) is 0 Å². The summed E-state index contributed by atoms with van der Waals surface area (Å²) in [6.07, 6.45) is 3.14. The third-order valence-electron chi connectivity index (χ3n) is 4.28. The number of ether oxygens (including phenoxy) is 3. The molecule has 6 nitrogen and oxygen atoms in total. The van der Waals surface area contributed by atoms with E-state index >= 15 is 0 Å². The molecule has 0 aromatic heterocycles. The molecule has 1 aromatic rings. The summed E-state index contributed by atoms with van der Waals surface area (Å²) in [5.41, 5.74) is 0.888. The number of hydrogen-bond donors (Lipinski definition) is 0. The molecule has 6 heteroatoms. The fourth-order valence-electron chi connectivity index (χ4n) is 3.13. The zero-order valence-electron chi connectivity index (χ0n) is 12.2. The maximum Gasteiger partial charge on any atom is 0.251 e. The minimum atomic E-state index is -0.499. The van der Waals surface area contributed by atoms with Crippen LogP contribution in [0.1, 0.15) is 24.5 Å². The molecule has 22 heavy (non-hydrogen) atoms. The normalized spacial score (nSPS) is 26.1. The van der Waals surface area contributed by atoms with Crippen molar-refractivity contribution in [3.63, 3.8) is 0 Å². The van der Waals surface area contributed by atoms with Crippen molar-refractivity contribution in [2.24, 2.45) is 4.99 Å². The molecule has 1 saturated heterocycles. The number of nitrogens with zero attached hydrogens (tertiary/aromatic N) is 2. The number of fused-ring (bicyclic) bond motifs is 1. The second kappa shape index (κ2) is 5.51. The van der Waals surface area contributed by atoms with Crippen LogP contribution in [-0.4, -0.2) is 49.6 Å². The molecule has 3 aliphatic heterocycles. The first kappa shape index (κ1) is 13.4. The van der Waals surface area contributed by atoms with Gasteiger partial charge in [-0.2, -0.15) is 0 Å². The number of benzene rings is 1. The molecule has 1 fully saturated rings. The molecule has 1 amide bonds. The molecular formula is C16H18N2O4. The minimum absolute atomic E-state index is 0.0474. The summed E-state index contributed by atoms with van der Waals surface area (Å²) in [6, 6.07) is 5.17. The summed E-state index contributed by atoms with van der Waals surface area (Å²) in [5.74, 6) is 1.48. The Balaban J connectivity index is 1.57. The Hall–Kier alpha value is -2.24. The standard InChI is InChI=1S/C16H18N2O4/c19-16(18-5-1-2-6-18)14-15(22-10-17-14)11-3-4-12-13(9-11)21-8-7-20-12/h3-4,9-10,14-15H,1-2,5-8H2/t14-,15+/m1/s1. The maximum absolute atomic E-state index is 12.6. The van der Waals surface area contributed by atoms with Crippen LogP contribution >= 0.6 is 0 Å². The van der Waals surface area contributed by atoms with Crippen molar-refractivity contribution in [2.45, 2.75) is 25.0 Å². The highest BCUT2D eigenvalue weighted by molar-refractivity contribution is 5.85. The fourth-order valence-corrected chi connectivity index (χ4v) is 3.13. The summed E-state index contributed by atoms with van der Waals surface area (Å²) in [4.78, 5) is 18.7. The monoisotopic (exact) mass is 302 g/mol. The molecule has 0 N–H and O–H groups in total. The van der Waals surface area contributed by atoms with Gasteiger partial charge in [0.1, 0.15) is 13.2 Å². The minimum Gasteiger partial charge on any atom is -0.486 e. The second-order valence-electron chi connectivity index (χ2n) is 5.69. The fraction of sp³-hybridized carbons (Fsp3) is 0.500. The van der Waals surface area contributed by atoms with Crippen LogP contribution < -0.4 is 9.47 Å². The number of likely N-dealkylation sites (tertiary alicyclic amines) is 1. The first-order valence-corrected chi connectivity index (χ1v) is 7.68. The lowest BCUT2D eigenvalue weighted by Gasteiger charge is -2.24. The smallest absolute Gasteiger partial charge is 0.251 e. The highest BCUT2D eigenvalue weighted by Crippen LogP contribution is 2.36. The summed E-state index contributed by atoms with van der Waals surface area (Å²) in [5, 5.41) is 0. The molecule has 0 radical (unpaired) electrons. The van der Waals surface area contributed by atoms with Gasteiger partial charge in [0.2, 0.25) is 0 Å². The summed E-state index contributed by atoms with van der Waals surface area (Å²) >= 11 is 0. The van der Waals surface area contributed by atoms with Crippen LogP contribution in [-0.2, 0) is 9.53 Å². The lowest BCUT2D eigenvalue weighted by molar-refractivity contribution is -0.133. The van der Waals surface area contributed by atoms with Crippen LogP contribution in [0.15, 0.2) is 23.2 Å². The maximum atomic E-state index is 12.6. The van der Waals surface area contributed by atoms with Gasteiger partial charge >= 0.3 is 0 Å². The van der Waals surface area contributed by atoms with Crippen LogP contribution in [0.2, 0.25) is 0 Å². The van der Waals surface area contributed by atoms with Crippen molar-refractivity contribution in [1.82, 2.24) is 4.90 Å². The first-order valence-electron chi connectivity index (χ1n) is 7.68. The lowest BCUT2D eigenvalue weighted by atomic mass is 10.0. The molecule has 116 valence electrons. The Morgan fingerprint density at radius 3 is 2.73 bits per heavy atom. The molecule has 2 atom stereocenters. The van der Waals surface area contributed by atoms with Gasteiger partial charge in [-0.1, -0.05) is 6.07 Å². The molecule has 1 aromatic carbocycles. The van der Waals surface area contributed by atoms with E-state index in [1.165, 1.54) is 6.40 Å². The number of rotatable bonds is 2. The van der Waals surface area contributed by atoms with Gasteiger partial charge in [0, 0.05) is 13.1 Å². The van der Waals surface area contributed by atoms with Crippen LogP contribution in [0.3, 0.4) is 0 Å². The number of hydrogen-bond acceptors (Lipinski definition) is 5. The third-order valence-corrected chi connectivity index (χ3v) is 4.28. The highest BCUT2D eigenvalue weighted by Gasteiger charge is 2.37. The van der Waals surface area contributed by atoms with Gasteiger partial charge in [-0.25, -0.2) is 4.99 Å². The first-order chi connectivity index (χ1) is 10.8. The SMILES string of the molecule is O=C([C@@H]1N=CO[C@H]1c1ccc2c(c1)OCCO2)N1CCCC1. The van der Waals surface area contributed by atoms with Gasteiger partial charge < -0.3 is 19.1 Å². The number of carbonyl (C=O) groups is 1. The van der Waals surface area contributed by atoms with Crippen molar-refractivity contribution in [3.8, 4) is 11.5 Å². The Morgan fingerprint density at radius 1 is 1.14 bits per heavy atom. The zero-order valence-corrected chi connectivity index (χ0v) is 12.2. The third kappa shape index (κ3) is 2.28. The van der Waals surface area contributed by atoms with E-state index in [4.69, 9.17) is 14.2 Å². The van der Waals surface area contributed by atoms with E-state index in [9.17, 15) is 4.79 Å². The average molecular weight is 302 g/mol. The van der Waals surface area contributed by atoms with Crippen molar-refractivity contribution in [2.75, 3.05) is 26.3 Å². The predicted octanol–water partition coefficient (Wildman–Crippen LogP) is 1.55. The Bertz CT molecular complexity index is 610. The molecule has 0 unspecified atom stereocenters. The van der Waals surface area contributed by atoms with Crippen LogP contribution in [0.4, 0.5) is 0 Å². The Labute approximate surface area is 128 Å². The summed E-state index contributed by atoms with van der Waals surface area (Å²) < 4.78 is 16.7. The summed E-state index contributed by atoms with van der Waals surface area (Å²) in [7, 11) is 0. The van der Waals surface area contributed by atoms with Gasteiger partial charge in [0.05, 0.1) is 0 Å². The van der Waals surface area contributed by atoms with E-state index in [-0.39, 0.29) is 12.0 Å². The molecular weight excluding hydrogens is 284 g/mol. The highest BCUT2D eigenvalue weighted by atomic mass is 16.6. The topological polar surface area (TPSA) is 60.4 Å². The van der Waals surface area contributed by atoms with E-state index < -0.39 is 6.04 Å². The Morgan fingerprint density at radius 2 is 1.91 bits per heavy atom. The molecule has 0 saturated carbocycles. The van der Waals surface area contributed by atoms with Gasteiger partial charge in [-0.15, -0.1) is 0 Å². The molecule has 3 aliphatic rings. The molecule has 4 rings (SSSR count). The second-order valence-corrected chi connectivity index (χ2v) is 5.69. The molecule has 0 aliphatic carbocycles.